The normalized spacial score (nSPS) is 28.5. The van der Waals surface area contributed by atoms with Crippen molar-refractivity contribution >= 4 is 11.7 Å². The summed E-state index contributed by atoms with van der Waals surface area (Å²) in [6.07, 6.45) is 8.34. The molecular formula is C16H23N3O2. The van der Waals surface area contributed by atoms with E-state index < -0.39 is 0 Å². The van der Waals surface area contributed by atoms with E-state index >= 15 is 0 Å². The van der Waals surface area contributed by atoms with Crippen molar-refractivity contribution in [1.82, 2.24) is 14.7 Å². The highest BCUT2D eigenvalue weighted by molar-refractivity contribution is 5.88. The Morgan fingerprint density at radius 3 is 2.62 bits per heavy atom. The molecule has 1 heterocycles. The van der Waals surface area contributed by atoms with Crippen molar-refractivity contribution in [2.45, 2.75) is 38.6 Å². The van der Waals surface area contributed by atoms with Crippen LogP contribution in [0.1, 0.15) is 37.7 Å². The number of carbonyl (C=O) groups excluding carboxylic acids is 2. The van der Waals surface area contributed by atoms with E-state index in [0.29, 0.717) is 12.3 Å². The molecule has 0 spiro atoms. The first-order valence-electron chi connectivity index (χ1n) is 7.81. The van der Waals surface area contributed by atoms with Crippen LogP contribution in [0.4, 0.5) is 0 Å². The van der Waals surface area contributed by atoms with Crippen LogP contribution >= 0.6 is 0 Å². The number of ketones is 1. The molecule has 3 rings (SSSR count). The second-order valence-corrected chi connectivity index (χ2v) is 6.61. The van der Waals surface area contributed by atoms with E-state index in [1.807, 2.05) is 20.3 Å². The summed E-state index contributed by atoms with van der Waals surface area (Å²) in [5.74, 6) is 0.902. The van der Waals surface area contributed by atoms with Gasteiger partial charge in [0.05, 0.1) is 6.20 Å². The lowest BCUT2D eigenvalue weighted by atomic mass is 9.67. The van der Waals surface area contributed by atoms with E-state index in [4.69, 9.17) is 0 Å². The lowest BCUT2D eigenvalue weighted by Gasteiger charge is -2.38. The van der Waals surface area contributed by atoms with Gasteiger partial charge in [0.25, 0.3) is 0 Å². The Morgan fingerprint density at radius 2 is 2.05 bits per heavy atom. The van der Waals surface area contributed by atoms with Gasteiger partial charge in [-0.3, -0.25) is 14.3 Å². The zero-order valence-corrected chi connectivity index (χ0v) is 12.8. The second kappa shape index (κ2) is 5.62. The monoisotopic (exact) mass is 289 g/mol. The molecule has 114 valence electrons. The van der Waals surface area contributed by atoms with Crippen LogP contribution in [0.5, 0.6) is 0 Å². The number of nitrogens with zero attached hydrogens (tertiary/aromatic N) is 3. The Hall–Kier alpha value is -1.65. The molecular weight excluding hydrogens is 266 g/mol. The molecule has 5 heteroatoms. The van der Waals surface area contributed by atoms with E-state index in [2.05, 4.69) is 5.10 Å². The minimum Gasteiger partial charge on any atom is -0.341 e. The minimum absolute atomic E-state index is 0.0275. The number of fused-ring (bicyclic) bond motifs is 2. The van der Waals surface area contributed by atoms with Gasteiger partial charge in [0.2, 0.25) is 5.91 Å². The predicted octanol–water partition coefficient (Wildman–Crippen LogP) is 1.77. The molecule has 5 nitrogen and oxygen atoms in total. The lowest BCUT2D eigenvalue weighted by Crippen LogP contribution is -2.42. The minimum atomic E-state index is 0.0275. The smallest absolute Gasteiger partial charge is 0.225 e. The molecule has 0 aliphatic heterocycles. The van der Waals surface area contributed by atoms with E-state index in [-0.39, 0.29) is 23.7 Å². The largest absolute Gasteiger partial charge is 0.341 e. The molecule has 0 aromatic carbocycles. The molecule has 2 saturated carbocycles. The Bertz CT molecular complexity index is 535. The van der Waals surface area contributed by atoms with Gasteiger partial charge in [-0.2, -0.15) is 5.10 Å². The Morgan fingerprint density at radius 1 is 1.38 bits per heavy atom. The van der Waals surface area contributed by atoms with Gasteiger partial charge in [-0.05, 0) is 25.7 Å². The molecule has 21 heavy (non-hydrogen) atoms. The van der Waals surface area contributed by atoms with E-state index in [9.17, 15) is 9.59 Å². The Balaban J connectivity index is 1.63. The fourth-order valence-electron chi connectivity index (χ4n) is 3.90. The Labute approximate surface area is 125 Å². The topological polar surface area (TPSA) is 55.2 Å². The second-order valence-electron chi connectivity index (χ2n) is 6.61. The van der Waals surface area contributed by atoms with Crippen molar-refractivity contribution in [3.05, 3.63) is 18.0 Å². The summed E-state index contributed by atoms with van der Waals surface area (Å²) < 4.78 is 1.75. The average Bonchev–Trinajstić information content (AvgIpc) is 2.83. The number of rotatable bonds is 3. The molecule has 0 N–H and O–H groups in total. The van der Waals surface area contributed by atoms with Crippen molar-refractivity contribution in [2.75, 3.05) is 7.05 Å². The van der Waals surface area contributed by atoms with E-state index in [1.165, 1.54) is 0 Å². The van der Waals surface area contributed by atoms with Crippen molar-refractivity contribution in [3.8, 4) is 0 Å². The molecule has 1 aromatic heterocycles. The molecule has 2 aliphatic rings. The molecule has 2 aliphatic carbocycles. The van der Waals surface area contributed by atoms with Crippen LogP contribution in [0, 0.1) is 17.8 Å². The fraction of sp³-hybridized carbons (Fsp3) is 0.688. The highest BCUT2D eigenvalue weighted by Crippen LogP contribution is 2.40. The van der Waals surface area contributed by atoms with Crippen LogP contribution in [0.25, 0.3) is 0 Å². The molecule has 0 radical (unpaired) electrons. The van der Waals surface area contributed by atoms with Gasteiger partial charge < -0.3 is 4.90 Å². The van der Waals surface area contributed by atoms with Crippen LogP contribution < -0.4 is 0 Å². The Kier molecular flexibility index (Phi) is 3.83. The van der Waals surface area contributed by atoms with Gasteiger partial charge in [-0.15, -0.1) is 0 Å². The molecule has 1 amide bonds. The summed E-state index contributed by atoms with van der Waals surface area (Å²) in [4.78, 5) is 26.5. The average molecular weight is 289 g/mol. The third kappa shape index (κ3) is 2.87. The first-order valence-corrected chi connectivity index (χ1v) is 7.81. The van der Waals surface area contributed by atoms with Gasteiger partial charge in [0.15, 0.2) is 0 Å². The van der Waals surface area contributed by atoms with E-state index in [0.717, 1.165) is 37.7 Å². The van der Waals surface area contributed by atoms with Crippen LogP contribution in [0.15, 0.2) is 12.4 Å². The highest BCUT2D eigenvalue weighted by Gasteiger charge is 2.41. The number of Topliss-reactive ketones (excluding diaryl/α,β-unsaturated/α-hetero) is 1. The van der Waals surface area contributed by atoms with Gasteiger partial charge in [-0.25, -0.2) is 0 Å². The summed E-state index contributed by atoms with van der Waals surface area (Å²) in [5.41, 5.74) is 1.04. The maximum absolute atomic E-state index is 12.6. The van der Waals surface area contributed by atoms with Crippen LogP contribution in [-0.2, 0) is 23.2 Å². The van der Waals surface area contributed by atoms with Gasteiger partial charge in [0, 0.05) is 50.2 Å². The SMILES string of the molecule is CN(Cc1cnn(C)c1)C(=O)C1C[C@H]2CCC[C@@H](C1)C2=O. The summed E-state index contributed by atoms with van der Waals surface area (Å²) in [7, 11) is 3.72. The van der Waals surface area contributed by atoms with Crippen molar-refractivity contribution in [3.63, 3.8) is 0 Å². The van der Waals surface area contributed by atoms with Crippen molar-refractivity contribution < 1.29 is 9.59 Å². The zero-order chi connectivity index (χ0) is 15.0. The summed E-state index contributed by atoms with van der Waals surface area (Å²) in [6, 6.07) is 0. The lowest BCUT2D eigenvalue weighted by molar-refractivity contribution is -0.142. The summed E-state index contributed by atoms with van der Waals surface area (Å²) in [5, 5.41) is 4.13. The van der Waals surface area contributed by atoms with E-state index in [1.54, 1.807) is 15.8 Å². The number of aryl methyl sites for hydroxylation is 1. The summed E-state index contributed by atoms with van der Waals surface area (Å²) >= 11 is 0. The predicted molar refractivity (Wildman–Crippen MR) is 78.2 cm³/mol. The molecule has 2 fully saturated rings. The quantitative estimate of drug-likeness (QED) is 0.852. The third-order valence-corrected chi connectivity index (χ3v) is 4.95. The van der Waals surface area contributed by atoms with Crippen LogP contribution in [0.3, 0.4) is 0 Å². The number of amides is 1. The number of hydrogen-bond donors (Lipinski definition) is 0. The molecule has 0 saturated heterocycles. The first kappa shape index (κ1) is 14.3. The zero-order valence-electron chi connectivity index (χ0n) is 12.8. The van der Waals surface area contributed by atoms with Gasteiger partial charge >= 0.3 is 0 Å². The molecule has 1 unspecified atom stereocenters. The standard InChI is InChI=1S/C16H23N3O2/c1-18(9-11-8-17-19(2)10-11)16(21)14-6-12-4-3-5-13(7-14)15(12)20/h8,10,12-14H,3-7,9H2,1-2H3/t12-,13+,14?. The third-order valence-electron chi connectivity index (χ3n) is 4.95. The highest BCUT2D eigenvalue weighted by atomic mass is 16.2. The maximum atomic E-state index is 12.6. The number of aromatic nitrogens is 2. The van der Waals surface area contributed by atoms with Crippen molar-refractivity contribution in [2.24, 2.45) is 24.8 Å². The number of carbonyl (C=O) groups is 2. The van der Waals surface area contributed by atoms with Crippen LogP contribution in [0.2, 0.25) is 0 Å². The van der Waals surface area contributed by atoms with Crippen molar-refractivity contribution in [1.29, 1.82) is 0 Å². The van der Waals surface area contributed by atoms with Crippen LogP contribution in [-0.4, -0.2) is 33.4 Å². The molecule has 1 aromatic rings. The van der Waals surface area contributed by atoms with Gasteiger partial charge in [0.1, 0.15) is 5.78 Å². The fourth-order valence-corrected chi connectivity index (χ4v) is 3.90. The molecule has 3 atom stereocenters. The maximum Gasteiger partial charge on any atom is 0.225 e. The number of hydrogen-bond acceptors (Lipinski definition) is 3. The van der Waals surface area contributed by atoms with Gasteiger partial charge in [-0.1, -0.05) is 6.42 Å². The first-order chi connectivity index (χ1) is 10.0. The molecule has 2 bridgehead atoms. The summed E-state index contributed by atoms with van der Waals surface area (Å²) in [6.45, 7) is 0.590.